The van der Waals surface area contributed by atoms with Crippen LogP contribution in [0.15, 0.2) is 36.4 Å². The van der Waals surface area contributed by atoms with Gasteiger partial charge in [-0.3, -0.25) is 9.69 Å². The van der Waals surface area contributed by atoms with Gasteiger partial charge in [-0.1, -0.05) is 35.3 Å². The van der Waals surface area contributed by atoms with E-state index in [1.54, 1.807) is 0 Å². The van der Waals surface area contributed by atoms with Crippen LogP contribution >= 0.6 is 23.2 Å². The zero-order chi connectivity index (χ0) is 18.4. The van der Waals surface area contributed by atoms with Gasteiger partial charge in [-0.05, 0) is 36.8 Å². The van der Waals surface area contributed by atoms with Crippen LogP contribution in [0.3, 0.4) is 0 Å². The first kappa shape index (κ1) is 17.6. The van der Waals surface area contributed by atoms with Gasteiger partial charge in [-0.25, -0.2) is 13.6 Å². The van der Waals surface area contributed by atoms with Gasteiger partial charge in [-0.15, -0.1) is 0 Å². The minimum Gasteiger partial charge on any atom is -0.319 e. The van der Waals surface area contributed by atoms with Crippen LogP contribution in [0, 0.1) is 11.6 Å². The number of nitrogens with one attached hydrogen (secondary N) is 1. The third kappa shape index (κ3) is 3.07. The maximum atomic E-state index is 13.3. The second-order valence-corrected chi connectivity index (χ2v) is 6.62. The summed E-state index contributed by atoms with van der Waals surface area (Å²) in [6.45, 7) is 1.36. The molecule has 2 aromatic carbocycles. The number of rotatable bonds is 3. The second-order valence-electron chi connectivity index (χ2n) is 5.81. The Hall–Kier alpha value is -2.18. The number of halogens is 4. The minimum absolute atomic E-state index is 0.0258. The zero-order valence-corrected chi connectivity index (χ0v) is 14.5. The van der Waals surface area contributed by atoms with E-state index in [9.17, 15) is 18.4 Å². The Kier molecular flexibility index (Phi) is 4.43. The van der Waals surface area contributed by atoms with Crippen molar-refractivity contribution in [1.82, 2.24) is 10.2 Å². The molecule has 3 amide bonds. The molecule has 0 saturated carbocycles. The molecule has 0 aromatic heterocycles. The van der Waals surface area contributed by atoms with Gasteiger partial charge in [0.25, 0.3) is 5.91 Å². The quantitative estimate of drug-likeness (QED) is 0.804. The van der Waals surface area contributed by atoms with Crippen molar-refractivity contribution in [3.8, 4) is 0 Å². The van der Waals surface area contributed by atoms with Gasteiger partial charge in [0.2, 0.25) is 0 Å². The van der Waals surface area contributed by atoms with Crippen LogP contribution in [0.2, 0.25) is 10.0 Å². The molecule has 1 aliphatic rings. The van der Waals surface area contributed by atoms with Crippen molar-refractivity contribution in [2.24, 2.45) is 0 Å². The van der Waals surface area contributed by atoms with E-state index in [1.165, 1.54) is 25.1 Å². The highest BCUT2D eigenvalue weighted by atomic mass is 35.5. The second kappa shape index (κ2) is 6.28. The van der Waals surface area contributed by atoms with Gasteiger partial charge in [-0.2, -0.15) is 0 Å². The van der Waals surface area contributed by atoms with Crippen molar-refractivity contribution in [2.75, 3.05) is 0 Å². The monoisotopic (exact) mass is 384 g/mol. The molecule has 1 unspecified atom stereocenters. The van der Waals surface area contributed by atoms with Crippen LogP contribution in [-0.2, 0) is 16.9 Å². The van der Waals surface area contributed by atoms with E-state index in [4.69, 9.17) is 23.2 Å². The molecule has 1 saturated heterocycles. The van der Waals surface area contributed by atoms with E-state index in [1.807, 2.05) is 0 Å². The first-order valence-corrected chi connectivity index (χ1v) is 8.01. The number of benzene rings is 2. The Morgan fingerprint density at radius 1 is 1.04 bits per heavy atom. The summed E-state index contributed by atoms with van der Waals surface area (Å²) in [7, 11) is 0. The molecule has 4 nitrogen and oxygen atoms in total. The lowest BCUT2D eigenvalue weighted by Gasteiger charge is -2.23. The summed E-state index contributed by atoms with van der Waals surface area (Å²) in [5.41, 5.74) is -0.739. The van der Waals surface area contributed by atoms with Crippen LogP contribution in [0.1, 0.15) is 18.1 Å². The fraction of sp³-hybridized carbons (Fsp3) is 0.176. The van der Waals surface area contributed by atoms with Crippen LogP contribution in [0.4, 0.5) is 13.6 Å². The summed E-state index contributed by atoms with van der Waals surface area (Å²) in [6.07, 6.45) is 0. The normalized spacial score (nSPS) is 20.1. The number of carbonyl (C=O) groups excluding carboxylic acids is 2. The Morgan fingerprint density at radius 2 is 1.64 bits per heavy atom. The maximum absolute atomic E-state index is 13.3. The molecule has 1 atom stereocenters. The van der Waals surface area contributed by atoms with Crippen molar-refractivity contribution in [2.45, 2.75) is 19.0 Å². The number of amides is 3. The highest BCUT2D eigenvalue weighted by Gasteiger charge is 2.49. The van der Waals surface area contributed by atoms with Crippen LogP contribution in [0.5, 0.6) is 0 Å². The first-order valence-electron chi connectivity index (χ1n) is 7.26. The lowest BCUT2D eigenvalue weighted by molar-refractivity contribution is -0.131. The van der Waals surface area contributed by atoms with Crippen molar-refractivity contribution in [3.05, 3.63) is 69.2 Å². The Morgan fingerprint density at radius 3 is 2.24 bits per heavy atom. The number of hydrogen-bond donors (Lipinski definition) is 1. The highest BCUT2D eigenvalue weighted by molar-refractivity contribution is 6.32. The van der Waals surface area contributed by atoms with E-state index in [0.717, 1.165) is 23.1 Å². The van der Waals surface area contributed by atoms with Crippen molar-refractivity contribution < 1.29 is 18.4 Å². The van der Waals surface area contributed by atoms with Crippen LogP contribution in [-0.4, -0.2) is 16.8 Å². The van der Waals surface area contributed by atoms with Gasteiger partial charge in [0.1, 0.15) is 17.2 Å². The van der Waals surface area contributed by atoms with Gasteiger partial charge in [0, 0.05) is 15.6 Å². The zero-order valence-electron chi connectivity index (χ0n) is 12.9. The minimum atomic E-state index is -1.44. The number of nitrogens with zero attached hydrogens (tertiary/aromatic N) is 1. The molecule has 0 aliphatic carbocycles. The average molecular weight is 385 g/mol. The Bertz CT molecular complexity index is 891. The molecule has 1 heterocycles. The van der Waals surface area contributed by atoms with Crippen LogP contribution < -0.4 is 5.32 Å². The van der Waals surface area contributed by atoms with E-state index < -0.39 is 29.1 Å². The van der Waals surface area contributed by atoms with Gasteiger partial charge in [0.15, 0.2) is 0 Å². The van der Waals surface area contributed by atoms with E-state index >= 15 is 0 Å². The van der Waals surface area contributed by atoms with E-state index in [0.29, 0.717) is 5.56 Å². The highest BCUT2D eigenvalue weighted by Crippen LogP contribution is 2.35. The van der Waals surface area contributed by atoms with Gasteiger partial charge >= 0.3 is 6.03 Å². The third-order valence-electron chi connectivity index (χ3n) is 4.09. The molecule has 1 N–H and O–H groups in total. The number of urea groups is 1. The summed E-state index contributed by atoms with van der Waals surface area (Å²) in [6, 6.07) is 6.63. The predicted octanol–water partition coefficient (Wildman–Crippen LogP) is 4.24. The van der Waals surface area contributed by atoms with E-state index in [-0.39, 0.29) is 22.2 Å². The predicted molar refractivity (Wildman–Crippen MR) is 89.3 cm³/mol. The Balaban J connectivity index is 1.94. The average Bonchev–Trinajstić information content (AvgIpc) is 2.73. The van der Waals surface area contributed by atoms with Gasteiger partial charge < -0.3 is 5.32 Å². The summed E-state index contributed by atoms with van der Waals surface area (Å²) >= 11 is 12.0. The molecule has 1 aliphatic heterocycles. The number of carbonyl (C=O) groups is 2. The topological polar surface area (TPSA) is 49.4 Å². The molecule has 130 valence electrons. The van der Waals surface area contributed by atoms with Crippen LogP contribution in [0.25, 0.3) is 0 Å². The summed E-state index contributed by atoms with van der Waals surface area (Å²) in [4.78, 5) is 26.1. The number of hydrogen-bond acceptors (Lipinski definition) is 2. The van der Waals surface area contributed by atoms with E-state index in [2.05, 4.69) is 5.32 Å². The molecule has 2 aromatic rings. The van der Waals surface area contributed by atoms with Gasteiger partial charge in [0.05, 0.1) is 6.54 Å². The molecule has 0 bridgehead atoms. The first-order chi connectivity index (χ1) is 11.7. The lowest BCUT2D eigenvalue weighted by atomic mass is 9.92. The standard InChI is InChI=1S/C17H12Cl2F2N2O2/c1-17(12-5-4-11(21)7-14(12)19)15(24)23(16(25)22-17)8-9-2-3-10(20)6-13(9)18/h2-7H,8H2,1H3,(H,22,25). The van der Waals surface area contributed by atoms with Crippen molar-refractivity contribution in [1.29, 1.82) is 0 Å². The van der Waals surface area contributed by atoms with Crippen molar-refractivity contribution in [3.63, 3.8) is 0 Å². The smallest absolute Gasteiger partial charge is 0.319 e. The fourth-order valence-corrected chi connectivity index (χ4v) is 3.32. The maximum Gasteiger partial charge on any atom is 0.325 e. The molecule has 1 fully saturated rings. The Labute approximate surface area is 152 Å². The SMILES string of the molecule is CC1(c2ccc(F)cc2Cl)NC(=O)N(Cc2ccc(F)cc2Cl)C1=O. The third-order valence-corrected chi connectivity index (χ3v) is 4.75. The number of imide groups is 1. The molecule has 0 spiro atoms. The lowest BCUT2D eigenvalue weighted by Crippen LogP contribution is -2.41. The molecular weight excluding hydrogens is 373 g/mol. The summed E-state index contributed by atoms with van der Waals surface area (Å²) in [5.74, 6) is -1.63. The fourth-order valence-electron chi connectivity index (χ4n) is 2.74. The molecule has 3 rings (SSSR count). The van der Waals surface area contributed by atoms with Crippen molar-refractivity contribution >= 4 is 35.1 Å². The largest absolute Gasteiger partial charge is 0.325 e. The molecular formula is C17H12Cl2F2N2O2. The molecule has 0 radical (unpaired) electrons. The molecule has 25 heavy (non-hydrogen) atoms. The summed E-state index contributed by atoms with van der Waals surface area (Å²) in [5, 5.41) is 2.70. The summed E-state index contributed by atoms with van der Waals surface area (Å²) < 4.78 is 26.4. The molecule has 8 heteroatoms.